The summed E-state index contributed by atoms with van der Waals surface area (Å²) in [6.45, 7) is 6.76. The van der Waals surface area contributed by atoms with Gasteiger partial charge in [-0.3, -0.25) is 4.79 Å². The van der Waals surface area contributed by atoms with E-state index in [1.807, 2.05) is 0 Å². The third-order valence-corrected chi connectivity index (χ3v) is 13.2. The maximum atomic E-state index is 11.4. The lowest BCUT2D eigenvalue weighted by molar-refractivity contribution is -0.148. The van der Waals surface area contributed by atoms with Gasteiger partial charge in [0.1, 0.15) is 6.10 Å². The Bertz CT molecular complexity index is 667. The quantitative estimate of drug-likeness (QED) is 0.391. The number of carbonyl (C=O) groups is 1. The van der Waals surface area contributed by atoms with E-state index in [0.717, 1.165) is 30.6 Å². The summed E-state index contributed by atoms with van der Waals surface area (Å²) in [7, 11) is 0. The second-order valence-electron chi connectivity index (χ2n) is 10.2. The van der Waals surface area contributed by atoms with Gasteiger partial charge in [0, 0.05) is 24.9 Å². The summed E-state index contributed by atoms with van der Waals surface area (Å²) in [5.41, 5.74) is 2.51. The minimum Gasteiger partial charge on any atom is -0.462 e. The molecule has 4 fully saturated rings. The van der Waals surface area contributed by atoms with E-state index in [0.29, 0.717) is 14.9 Å². The summed E-state index contributed by atoms with van der Waals surface area (Å²) in [4.78, 5) is 11.4. The molecule has 5 aliphatic rings. The zero-order chi connectivity index (χ0) is 18.9. The highest BCUT2D eigenvalue weighted by Gasteiger charge is 2.65. The van der Waals surface area contributed by atoms with Gasteiger partial charge in [-0.05, 0) is 73.5 Å². The highest BCUT2D eigenvalue weighted by molar-refractivity contribution is 8.21. The largest absolute Gasteiger partial charge is 0.462 e. The summed E-state index contributed by atoms with van der Waals surface area (Å²) in [6.07, 6.45) is 12.9. The van der Waals surface area contributed by atoms with E-state index in [-0.39, 0.29) is 12.1 Å². The Morgan fingerprint density at radius 2 is 1.81 bits per heavy atom. The number of fused-ring (bicyclic) bond motifs is 6. The Labute approximate surface area is 173 Å². The molecule has 150 valence electrons. The highest BCUT2D eigenvalue weighted by Crippen LogP contribution is 2.73. The van der Waals surface area contributed by atoms with Gasteiger partial charge in [-0.15, -0.1) is 23.5 Å². The van der Waals surface area contributed by atoms with Crippen molar-refractivity contribution in [2.45, 2.75) is 82.3 Å². The lowest BCUT2D eigenvalue weighted by atomic mass is 9.48. The first-order valence-corrected chi connectivity index (χ1v) is 13.0. The lowest BCUT2D eigenvalue weighted by Gasteiger charge is -2.59. The molecule has 0 N–H and O–H groups in total. The minimum absolute atomic E-state index is 0.117. The van der Waals surface area contributed by atoms with Gasteiger partial charge >= 0.3 is 5.97 Å². The molecule has 5 rings (SSSR count). The maximum Gasteiger partial charge on any atom is 0.302 e. The van der Waals surface area contributed by atoms with E-state index >= 15 is 0 Å². The van der Waals surface area contributed by atoms with Gasteiger partial charge in [0.15, 0.2) is 0 Å². The predicted molar refractivity (Wildman–Crippen MR) is 115 cm³/mol. The van der Waals surface area contributed by atoms with Gasteiger partial charge in [0.25, 0.3) is 0 Å². The number of ether oxygens (including phenoxy) is 1. The zero-order valence-electron chi connectivity index (χ0n) is 17.1. The predicted octanol–water partition coefficient (Wildman–Crippen LogP) is 6.06. The van der Waals surface area contributed by atoms with Gasteiger partial charge < -0.3 is 4.74 Å². The number of esters is 1. The van der Waals surface area contributed by atoms with Gasteiger partial charge in [0.05, 0.1) is 4.08 Å². The molecule has 4 heteroatoms. The molecule has 0 aromatic rings. The first-order valence-electron chi connectivity index (χ1n) is 11.0. The summed E-state index contributed by atoms with van der Waals surface area (Å²) in [5.74, 6) is 5.24. The first-order chi connectivity index (χ1) is 12.9. The van der Waals surface area contributed by atoms with Crippen LogP contribution in [0, 0.1) is 28.6 Å². The van der Waals surface area contributed by atoms with Gasteiger partial charge in [0.2, 0.25) is 0 Å². The smallest absolute Gasteiger partial charge is 0.302 e. The van der Waals surface area contributed by atoms with E-state index in [4.69, 9.17) is 4.74 Å². The van der Waals surface area contributed by atoms with Crippen LogP contribution in [0.15, 0.2) is 11.6 Å². The molecule has 0 amide bonds. The van der Waals surface area contributed by atoms with Crippen LogP contribution in [0.5, 0.6) is 0 Å². The van der Waals surface area contributed by atoms with Crippen molar-refractivity contribution in [1.82, 2.24) is 0 Å². The molecule has 0 radical (unpaired) electrons. The van der Waals surface area contributed by atoms with Crippen LogP contribution >= 0.6 is 23.5 Å². The van der Waals surface area contributed by atoms with Crippen LogP contribution in [0.1, 0.15) is 72.1 Å². The Morgan fingerprint density at radius 1 is 1.07 bits per heavy atom. The lowest BCUT2D eigenvalue weighted by Crippen LogP contribution is -2.52. The van der Waals surface area contributed by atoms with Crippen LogP contribution in [-0.4, -0.2) is 27.7 Å². The fraction of sp³-hybridized carbons (Fsp3) is 0.870. The molecule has 2 nitrogen and oxygen atoms in total. The number of carbonyl (C=O) groups excluding carboxylic acids is 1. The van der Waals surface area contributed by atoms with Gasteiger partial charge in [-0.2, -0.15) is 0 Å². The second kappa shape index (κ2) is 6.45. The number of rotatable bonds is 1. The monoisotopic (exact) mass is 406 g/mol. The van der Waals surface area contributed by atoms with E-state index in [2.05, 4.69) is 43.4 Å². The van der Waals surface area contributed by atoms with Crippen molar-refractivity contribution in [3.8, 4) is 0 Å². The second-order valence-corrected chi connectivity index (χ2v) is 13.2. The number of allylic oxidation sites excluding steroid dienone is 1. The van der Waals surface area contributed by atoms with Crippen molar-refractivity contribution in [2.24, 2.45) is 28.6 Å². The van der Waals surface area contributed by atoms with E-state index in [1.54, 1.807) is 12.5 Å². The van der Waals surface area contributed by atoms with Crippen molar-refractivity contribution in [3.63, 3.8) is 0 Å². The maximum absolute atomic E-state index is 11.4. The van der Waals surface area contributed by atoms with E-state index in [1.165, 1.54) is 50.0 Å². The Kier molecular flexibility index (Phi) is 4.52. The molecule has 6 atom stereocenters. The van der Waals surface area contributed by atoms with Crippen molar-refractivity contribution in [3.05, 3.63) is 11.6 Å². The molecule has 1 saturated heterocycles. The van der Waals surface area contributed by atoms with E-state index in [9.17, 15) is 4.79 Å². The molecule has 1 spiro atoms. The first kappa shape index (κ1) is 18.9. The van der Waals surface area contributed by atoms with Crippen molar-refractivity contribution < 1.29 is 9.53 Å². The topological polar surface area (TPSA) is 26.3 Å². The van der Waals surface area contributed by atoms with Crippen LogP contribution in [0.3, 0.4) is 0 Å². The van der Waals surface area contributed by atoms with Crippen molar-refractivity contribution >= 4 is 29.5 Å². The number of hydrogen-bond donors (Lipinski definition) is 0. The van der Waals surface area contributed by atoms with Crippen LogP contribution < -0.4 is 0 Å². The normalized spacial score (nSPS) is 47.7. The number of thioether (sulfide) groups is 2. The van der Waals surface area contributed by atoms with Crippen LogP contribution in [-0.2, 0) is 9.53 Å². The highest BCUT2D eigenvalue weighted by atomic mass is 32.2. The minimum atomic E-state index is -0.117. The summed E-state index contributed by atoms with van der Waals surface area (Å²) in [5, 5.41) is 0. The van der Waals surface area contributed by atoms with Crippen LogP contribution in [0.25, 0.3) is 0 Å². The molecular weight excluding hydrogens is 372 g/mol. The number of hydrogen-bond acceptors (Lipinski definition) is 4. The molecule has 3 unspecified atom stereocenters. The van der Waals surface area contributed by atoms with E-state index < -0.39 is 0 Å². The Balaban J connectivity index is 1.41. The Morgan fingerprint density at radius 3 is 2.56 bits per heavy atom. The van der Waals surface area contributed by atoms with Crippen LogP contribution in [0.2, 0.25) is 0 Å². The van der Waals surface area contributed by atoms with Gasteiger partial charge in [-0.1, -0.05) is 25.5 Å². The molecule has 1 aliphatic heterocycles. The summed E-state index contributed by atoms with van der Waals surface area (Å²) in [6, 6.07) is 0. The standard InChI is InChI=1S/C23H34O2S2/c1-15(24)25-17-6-9-21(2)16(14-17)4-5-18-19(21)7-10-22(3)20(18)8-11-23(22)26-12-13-27-23/h4,17-20H,5-14H2,1-3H3/t17-,18?,19?,20?,21+,22+/m1/s1. The Hall–Kier alpha value is -0.0900. The fourth-order valence-electron chi connectivity index (χ4n) is 7.85. The average molecular weight is 407 g/mol. The molecule has 0 bridgehead atoms. The van der Waals surface area contributed by atoms with Crippen LogP contribution in [0.4, 0.5) is 0 Å². The van der Waals surface area contributed by atoms with Crippen molar-refractivity contribution in [1.29, 1.82) is 0 Å². The van der Waals surface area contributed by atoms with Crippen molar-refractivity contribution in [2.75, 3.05) is 11.5 Å². The molecular formula is C23H34O2S2. The third kappa shape index (κ3) is 2.64. The molecule has 27 heavy (non-hydrogen) atoms. The molecule has 1 heterocycles. The molecule has 3 saturated carbocycles. The molecule has 0 aromatic carbocycles. The van der Waals surface area contributed by atoms with Gasteiger partial charge in [-0.25, -0.2) is 0 Å². The fourth-order valence-corrected chi connectivity index (χ4v) is 11.7. The summed E-state index contributed by atoms with van der Waals surface area (Å²) < 4.78 is 6.11. The summed E-state index contributed by atoms with van der Waals surface area (Å²) >= 11 is 4.61. The third-order valence-electron chi connectivity index (χ3n) is 9.19. The average Bonchev–Trinajstić information content (AvgIpc) is 3.21. The molecule has 0 aromatic heterocycles. The molecule has 4 aliphatic carbocycles. The zero-order valence-corrected chi connectivity index (χ0v) is 18.7. The SMILES string of the molecule is CC(=O)O[C@@H]1CC[C@@]2(C)C(=CCC3C2CC[C@@]2(C)C3CCC23SCCS3)C1.